The fraction of sp³-hybridized carbons (Fsp3) is 0.133. The summed E-state index contributed by atoms with van der Waals surface area (Å²) < 4.78 is 1.38. The van der Waals surface area contributed by atoms with Crippen molar-refractivity contribution in [1.82, 2.24) is 9.88 Å². The lowest BCUT2D eigenvalue weighted by Gasteiger charge is -2.06. The molecule has 0 aliphatic heterocycles. The van der Waals surface area contributed by atoms with Crippen LogP contribution in [0.25, 0.3) is 0 Å². The lowest BCUT2D eigenvalue weighted by Crippen LogP contribution is -2.20. The second-order valence-electron chi connectivity index (χ2n) is 4.48. The minimum atomic E-state index is -0.375. The number of hydrogen-bond acceptors (Lipinski definition) is 3. The van der Waals surface area contributed by atoms with Gasteiger partial charge in [0.15, 0.2) is 0 Å². The van der Waals surface area contributed by atoms with Crippen LogP contribution in [0, 0.1) is 0 Å². The first-order chi connectivity index (χ1) is 10.0. The maximum absolute atomic E-state index is 12.0. The molecule has 6 heteroatoms. The summed E-state index contributed by atoms with van der Waals surface area (Å²) in [5, 5.41) is 5.19. The van der Waals surface area contributed by atoms with E-state index in [0.717, 1.165) is 0 Å². The summed E-state index contributed by atoms with van der Waals surface area (Å²) in [6.45, 7) is 0. The molecule has 1 aromatic heterocycles. The van der Waals surface area contributed by atoms with Crippen molar-refractivity contribution < 1.29 is 9.59 Å². The standard InChI is InChI=1S/C15H15N3O3/c1-16-14(20)10-3-5-12(6-4-10)17-15(21)11-7-8-18(2)13(19)9-11/h3-9H,1-2H3,(H,16,20)(H,17,21). The average Bonchev–Trinajstić information content (AvgIpc) is 2.50. The van der Waals surface area contributed by atoms with E-state index in [1.807, 2.05) is 0 Å². The molecule has 0 bridgehead atoms. The first-order valence-corrected chi connectivity index (χ1v) is 6.31. The largest absolute Gasteiger partial charge is 0.355 e. The van der Waals surface area contributed by atoms with Crippen LogP contribution in [-0.2, 0) is 7.05 Å². The van der Waals surface area contributed by atoms with E-state index in [2.05, 4.69) is 10.6 Å². The maximum Gasteiger partial charge on any atom is 0.255 e. The van der Waals surface area contributed by atoms with Gasteiger partial charge in [0.25, 0.3) is 17.4 Å². The van der Waals surface area contributed by atoms with Crippen molar-refractivity contribution in [3.63, 3.8) is 0 Å². The molecule has 0 aliphatic carbocycles. The Hall–Kier alpha value is -2.89. The van der Waals surface area contributed by atoms with E-state index in [1.54, 1.807) is 44.4 Å². The number of benzene rings is 1. The Morgan fingerprint density at radius 3 is 2.24 bits per heavy atom. The van der Waals surface area contributed by atoms with Crippen molar-refractivity contribution in [2.75, 3.05) is 12.4 Å². The van der Waals surface area contributed by atoms with E-state index in [4.69, 9.17) is 0 Å². The Morgan fingerprint density at radius 1 is 1.00 bits per heavy atom. The third-order valence-electron chi connectivity index (χ3n) is 3.00. The highest BCUT2D eigenvalue weighted by molar-refractivity contribution is 6.04. The number of nitrogens with zero attached hydrogens (tertiary/aromatic N) is 1. The lowest BCUT2D eigenvalue weighted by molar-refractivity contribution is 0.0962. The van der Waals surface area contributed by atoms with Crippen LogP contribution >= 0.6 is 0 Å². The quantitative estimate of drug-likeness (QED) is 0.882. The van der Waals surface area contributed by atoms with Crippen molar-refractivity contribution in [2.45, 2.75) is 0 Å². The minimum absolute atomic E-state index is 0.195. The summed E-state index contributed by atoms with van der Waals surface area (Å²) in [7, 11) is 3.16. The third-order valence-corrected chi connectivity index (χ3v) is 3.00. The molecule has 2 N–H and O–H groups in total. The molecule has 1 heterocycles. The molecule has 2 aromatic rings. The number of hydrogen-bond donors (Lipinski definition) is 2. The van der Waals surface area contributed by atoms with E-state index in [9.17, 15) is 14.4 Å². The summed E-state index contributed by atoms with van der Waals surface area (Å²) >= 11 is 0. The number of anilines is 1. The molecular weight excluding hydrogens is 270 g/mol. The summed E-state index contributed by atoms with van der Waals surface area (Å²) in [6.07, 6.45) is 1.53. The van der Waals surface area contributed by atoms with Gasteiger partial charge in [-0.05, 0) is 30.3 Å². The zero-order valence-electron chi connectivity index (χ0n) is 11.7. The van der Waals surface area contributed by atoms with Crippen molar-refractivity contribution >= 4 is 17.5 Å². The van der Waals surface area contributed by atoms with Gasteiger partial charge in [0.1, 0.15) is 0 Å². The van der Waals surface area contributed by atoms with Gasteiger partial charge >= 0.3 is 0 Å². The molecule has 2 amide bonds. The van der Waals surface area contributed by atoms with Crippen LogP contribution in [0.15, 0.2) is 47.4 Å². The molecule has 0 atom stereocenters. The van der Waals surface area contributed by atoms with E-state index < -0.39 is 0 Å². The van der Waals surface area contributed by atoms with Crippen molar-refractivity contribution in [3.05, 3.63) is 64.1 Å². The van der Waals surface area contributed by atoms with Crippen LogP contribution < -0.4 is 16.2 Å². The van der Waals surface area contributed by atoms with Gasteiger partial charge < -0.3 is 15.2 Å². The Kier molecular flexibility index (Phi) is 4.18. The second kappa shape index (κ2) is 6.04. The molecule has 2 rings (SSSR count). The Bertz CT molecular complexity index is 733. The molecule has 0 fully saturated rings. The van der Waals surface area contributed by atoms with Crippen LogP contribution in [0.2, 0.25) is 0 Å². The van der Waals surface area contributed by atoms with Crippen molar-refractivity contribution in [3.8, 4) is 0 Å². The Labute approximate surface area is 121 Å². The van der Waals surface area contributed by atoms with Crippen LogP contribution in [0.3, 0.4) is 0 Å². The number of carbonyl (C=O) groups excluding carboxylic acids is 2. The predicted octanol–water partition coefficient (Wildman–Crippen LogP) is 0.997. The van der Waals surface area contributed by atoms with Gasteiger partial charge in [-0.15, -0.1) is 0 Å². The predicted molar refractivity (Wildman–Crippen MR) is 79.5 cm³/mol. The van der Waals surface area contributed by atoms with E-state index >= 15 is 0 Å². The van der Waals surface area contributed by atoms with Crippen molar-refractivity contribution in [1.29, 1.82) is 0 Å². The summed E-state index contributed by atoms with van der Waals surface area (Å²) in [5.74, 6) is -0.570. The van der Waals surface area contributed by atoms with E-state index in [0.29, 0.717) is 11.3 Å². The second-order valence-corrected chi connectivity index (χ2v) is 4.48. The van der Waals surface area contributed by atoms with Crippen LogP contribution in [-0.4, -0.2) is 23.4 Å². The first kappa shape index (κ1) is 14.5. The number of nitrogens with one attached hydrogen (secondary N) is 2. The topological polar surface area (TPSA) is 80.2 Å². The Balaban J connectivity index is 2.14. The highest BCUT2D eigenvalue weighted by Crippen LogP contribution is 2.11. The van der Waals surface area contributed by atoms with Gasteiger partial charge in [-0.2, -0.15) is 0 Å². The zero-order chi connectivity index (χ0) is 15.4. The molecule has 0 saturated carbocycles. The third kappa shape index (κ3) is 3.36. The summed E-state index contributed by atoms with van der Waals surface area (Å²) in [6, 6.07) is 9.31. The van der Waals surface area contributed by atoms with E-state index in [-0.39, 0.29) is 22.9 Å². The smallest absolute Gasteiger partial charge is 0.255 e. The molecule has 108 valence electrons. The van der Waals surface area contributed by atoms with Crippen LogP contribution in [0.1, 0.15) is 20.7 Å². The molecule has 0 saturated heterocycles. The van der Waals surface area contributed by atoms with Gasteiger partial charge in [0.2, 0.25) is 0 Å². The average molecular weight is 285 g/mol. The van der Waals surface area contributed by atoms with Gasteiger partial charge in [-0.1, -0.05) is 0 Å². The molecular formula is C15H15N3O3. The van der Waals surface area contributed by atoms with Crippen LogP contribution in [0.5, 0.6) is 0 Å². The van der Waals surface area contributed by atoms with Gasteiger partial charge in [-0.3, -0.25) is 14.4 Å². The molecule has 6 nitrogen and oxygen atoms in total. The molecule has 0 unspecified atom stereocenters. The highest BCUT2D eigenvalue weighted by atomic mass is 16.2. The van der Waals surface area contributed by atoms with Gasteiger partial charge in [0.05, 0.1) is 0 Å². The SMILES string of the molecule is CNC(=O)c1ccc(NC(=O)c2ccn(C)c(=O)c2)cc1. The maximum atomic E-state index is 12.0. The number of aromatic nitrogens is 1. The highest BCUT2D eigenvalue weighted by Gasteiger charge is 2.08. The van der Waals surface area contributed by atoms with Gasteiger partial charge in [-0.25, -0.2) is 0 Å². The first-order valence-electron chi connectivity index (χ1n) is 6.31. The summed E-state index contributed by atoms with van der Waals surface area (Å²) in [4.78, 5) is 34.9. The number of aryl methyl sites for hydroxylation is 1. The van der Waals surface area contributed by atoms with Crippen molar-refractivity contribution in [2.24, 2.45) is 7.05 Å². The molecule has 0 aliphatic rings. The van der Waals surface area contributed by atoms with Gasteiger partial charge in [0, 0.05) is 43.2 Å². The normalized spacial score (nSPS) is 10.0. The van der Waals surface area contributed by atoms with E-state index in [1.165, 1.54) is 16.8 Å². The Morgan fingerprint density at radius 2 is 1.67 bits per heavy atom. The van der Waals surface area contributed by atoms with Crippen LogP contribution in [0.4, 0.5) is 5.69 Å². The summed E-state index contributed by atoms with van der Waals surface area (Å²) in [5.41, 5.74) is 1.09. The fourth-order valence-corrected chi connectivity index (χ4v) is 1.74. The number of carbonyl (C=O) groups is 2. The molecule has 21 heavy (non-hydrogen) atoms. The number of rotatable bonds is 3. The lowest BCUT2D eigenvalue weighted by atomic mass is 10.2. The minimum Gasteiger partial charge on any atom is -0.355 e. The zero-order valence-corrected chi connectivity index (χ0v) is 11.7. The fourth-order valence-electron chi connectivity index (χ4n) is 1.74. The molecule has 1 aromatic carbocycles. The molecule has 0 spiro atoms. The monoisotopic (exact) mass is 285 g/mol. The number of amides is 2. The number of pyridine rings is 1. The molecule has 0 radical (unpaired) electrons.